The molecule has 1 unspecified atom stereocenters. The largest absolute Gasteiger partial charge is 0.480 e. The second kappa shape index (κ2) is 7.44. The van der Waals surface area contributed by atoms with E-state index >= 15 is 0 Å². The number of urea groups is 1. The molecule has 0 radical (unpaired) electrons. The van der Waals surface area contributed by atoms with Gasteiger partial charge in [-0.25, -0.2) is 14.0 Å². The van der Waals surface area contributed by atoms with Crippen LogP contribution in [-0.4, -0.2) is 46.8 Å². The minimum absolute atomic E-state index is 0.0178. The van der Waals surface area contributed by atoms with Gasteiger partial charge in [0.1, 0.15) is 11.9 Å². The first kappa shape index (κ1) is 15.9. The highest BCUT2D eigenvalue weighted by Crippen LogP contribution is 2.09. The van der Waals surface area contributed by atoms with E-state index in [0.29, 0.717) is 5.56 Å². The second-order valence-electron chi connectivity index (χ2n) is 4.30. The highest BCUT2D eigenvalue weighted by molar-refractivity contribution is 5.82. The summed E-state index contributed by atoms with van der Waals surface area (Å²) in [4.78, 5) is 23.8. The summed E-state index contributed by atoms with van der Waals surface area (Å²) in [6.45, 7) is -0.335. The van der Waals surface area contributed by atoms with Gasteiger partial charge in [0.05, 0.1) is 0 Å². The monoisotopic (exact) mass is 284 g/mol. The summed E-state index contributed by atoms with van der Waals surface area (Å²) < 4.78 is 13.4. The molecule has 0 heterocycles. The van der Waals surface area contributed by atoms with Gasteiger partial charge >= 0.3 is 12.0 Å². The van der Waals surface area contributed by atoms with E-state index in [4.69, 9.17) is 10.2 Å². The normalized spacial score (nSPS) is 11.8. The molecule has 20 heavy (non-hydrogen) atoms. The van der Waals surface area contributed by atoms with Gasteiger partial charge in [-0.05, 0) is 6.07 Å². The lowest BCUT2D eigenvalue weighted by Gasteiger charge is -2.21. The number of carbonyl (C=O) groups is 2. The predicted octanol–water partition coefficient (Wildman–Crippen LogP) is 0.803. The number of rotatable bonds is 6. The maximum atomic E-state index is 13.4. The van der Waals surface area contributed by atoms with Crippen molar-refractivity contribution in [3.63, 3.8) is 0 Å². The Morgan fingerprint density at radius 3 is 2.60 bits per heavy atom. The Morgan fingerprint density at radius 1 is 1.40 bits per heavy atom. The standard InChI is InChI=1S/C13H17FN2O4/c1-16(8-9-4-2-3-5-10(9)14)13(20)15-11(6-7-17)12(18)19/h2-5,11,17H,6-8H2,1H3,(H,15,20)(H,18,19). The van der Waals surface area contributed by atoms with Crippen molar-refractivity contribution in [2.45, 2.75) is 19.0 Å². The van der Waals surface area contributed by atoms with Gasteiger partial charge in [-0.3, -0.25) is 0 Å². The van der Waals surface area contributed by atoms with Crippen LogP contribution in [0.1, 0.15) is 12.0 Å². The summed E-state index contributed by atoms with van der Waals surface area (Å²) in [6.07, 6.45) is -0.0887. The molecule has 0 bridgehead atoms. The fourth-order valence-electron chi connectivity index (χ4n) is 1.60. The van der Waals surface area contributed by atoms with E-state index in [1.807, 2.05) is 0 Å². The van der Waals surface area contributed by atoms with Gasteiger partial charge in [0, 0.05) is 32.2 Å². The average Bonchev–Trinajstić information content (AvgIpc) is 2.40. The van der Waals surface area contributed by atoms with Gasteiger partial charge in [0.25, 0.3) is 0 Å². The smallest absolute Gasteiger partial charge is 0.326 e. The molecule has 1 aromatic rings. The van der Waals surface area contributed by atoms with Crippen LogP contribution in [0.25, 0.3) is 0 Å². The lowest BCUT2D eigenvalue weighted by molar-refractivity contribution is -0.139. The summed E-state index contributed by atoms with van der Waals surface area (Å²) in [7, 11) is 1.43. The van der Waals surface area contributed by atoms with Crippen LogP contribution in [0, 0.1) is 5.82 Å². The first-order chi connectivity index (χ1) is 9.45. The number of aliphatic hydroxyl groups is 1. The van der Waals surface area contributed by atoms with Crippen molar-refractivity contribution in [1.29, 1.82) is 0 Å². The zero-order valence-electron chi connectivity index (χ0n) is 11.0. The van der Waals surface area contributed by atoms with Crippen molar-refractivity contribution in [2.75, 3.05) is 13.7 Å². The Labute approximate surface area is 115 Å². The van der Waals surface area contributed by atoms with Crippen molar-refractivity contribution in [3.8, 4) is 0 Å². The molecule has 3 N–H and O–H groups in total. The van der Waals surface area contributed by atoms with E-state index in [1.165, 1.54) is 18.0 Å². The molecular formula is C13H17FN2O4. The van der Waals surface area contributed by atoms with Crippen LogP contribution in [0.15, 0.2) is 24.3 Å². The van der Waals surface area contributed by atoms with Crippen molar-refractivity contribution < 1.29 is 24.2 Å². The summed E-state index contributed by atoms with van der Waals surface area (Å²) in [5.41, 5.74) is 0.333. The molecule has 1 rings (SSSR count). The molecule has 6 nitrogen and oxygen atoms in total. The molecule has 110 valence electrons. The number of hydrogen-bond acceptors (Lipinski definition) is 3. The molecule has 7 heteroatoms. The third-order valence-electron chi connectivity index (χ3n) is 2.73. The molecule has 2 amide bonds. The summed E-state index contributed by atoms with van der Waals surface area (Å²) in [5, 5.41) is 19.9. The fraction of sp³-hybridized carbons (Fsp3) is 0.385. The number of benzene rings is 1. The first-order valence-electron chi connectivity index (χ1n) is 6.04. The van der Waals surface area contributed by atoms with Crippen LogP contribution >= 0.6 is 0 Å². The van der Waals surface area contributed by atoms with Crippen LogP contribution in [0.3, 0.4) is 0 Å². The number of aliphatic carboxylic acids is 1. The third-order valence-corrected chi connectivity index (χ3v) is 2.73. The van der Waals surface area contributed by atoms with E-state index < -0.39 is 23.9 Å². The van der Waals surface area contributed by atoms with Crippen molar-refractivity contribution in [2.24, 2.45) is 0 Å². The van der Waals surface area contributed by atoms with Crippen LogP contribution in [0.4, 0.5) is 9.18 Å². The van der Waals surface area contributed by atoms with Crippen molar-refractivity contribution >= 4 is 12.0 Å². The molecule has 1 aromatic carbocycles. The molecule has 0 aliphatic rings. The molecular weight excluding hydrogens is 267 g/mol. The topological polar surface area (TPSA) is 89.9 Å². The number of hydrogen-bond donors (Lipinski definition) is 3. The minimum Gasteiger partial charge on any atom is -0.480 e. The lowest BCUT2D eigenvalue weighted by Crippen LogP contribution is -2.46. The summed E-state index contributed by atoms with van der Waals surface area (Å²) >= 11 is 0. The lowest BCUT2D eigenvalue weighted by atomic mass is 10.2. The molecule has 0 fully saturated rings. The Bertz CT molecular complexity index is 481. The van der Waals surface area contributed by atoms with Gasteiger partial charge in [0.15, 0.2) is 0 Å². The highest BCUT2D eigenvalue weighted by atomic mass is 19.1. The predicted molar refractivity (Wildman–Crippen MR) is 69.5 cm³/mol. The Morgan fingerprint density at radius 2 is 2.05 bits per heavy atom. The molecule has 0 saturated heterocycles. The van der Waals surface area contributed by atoms with E-state index in [9.17, 15) is 14.0 Å². The fourth-order valence-corrected chi connectivity index (χ4v) is 1.60. The number of amides is 2. The van der Waals surface area contributed by atoms with Crippen LogP contribution < -0.4 is 5.32 Å². The Hall–Kier alpha value is -2.15. The second-order valence-corrected chi connectivity index (χ2v) is 4.30. The van der Waals surface area contributed by atoms with Crippen molar-refractivity contribution in [3.05, 3.63) is 35.6 Å². The number of aliphatic hydroxyl groups excluding tert-OH is 1. The average molecular weight is 284 g/mol. The zero-order chi connectivity index (χ0) is 15.1. The van der Waals surface area contributed by atoms with E-state index in [0.717, 1.165) is 0 Å². The highest BCUT2D eigenvalue weighted by Gasteiger charge is 2.21. The number of nitrogens with zero attached hydrogens (tertiary/aromatic N) is 1. The van der Waals surface area contributed by atoms with E-state index in [2.05, 4.69) is 5.32 Å². The maximum Gasteiger partial charge on any atom is 0.326 e. The molecule has 0 aliphatic carbocycles. The quantitative estimate of drug-likeness (QED) is 0.721. The van der Waals surface area contributed by atoms with Crippen LogP contribution in [0.5, 0.6) is 0 Å². The molecule has 0 aromatic heterocycles. The number of nitrogens with one attached hydrogen (secondary N) is 1. The molecule has 1 atom stereocenters. The minimum atomic E-state index is -1.23. The van der Waals surface area contributed by atoms with Gasteiger partial charge in [-0.15, -0.1) is 0 Å². The molecule has 0 saturated carbocycles. The number of carboxylic acids is 1. The maximum absolute atomic E-state index is 13.4. The number of carboxylic acid groups (broad SMARTS) is 1. The first-order valence-corrected chi connectivity index (χ1v) is 6.04. The van der Waals surface area contributed by atoms with Crippen LogP contribution in [-0.2, 0) is 11.3 Å². The summed E-state index contributed by atoms with van der Waals surface area (Å²) in [6, 6.07) is 4.20. The third kappa shape index (κ3) is 4.51. The van der Waals surface area contributed by atoms with Gasteiger partial charge in [-0.1, -0.05) is 18.2 Å². The summed E-state index contributed by atoms with van der Waals surface area (Å²) in [5.74, 6) is -1.66. The Kier molecular flexibility index (Phi) is 5.92. The van der Waals surface area contributed by atoms with Gasteiger partial charge in [0.2, 0.25) is 0 Å². The van der Waals surface area contributed by atoms with Crippen LogP contribution in [0.2, 0.25) is 0 Å². The van der Waals surface area contributed by atoms with E-state index in [1.54, 1.807) is 18.2 Å². The number of halogens is 1. The Balaban J connectivity index is 2.63. The van der Waals surface area contributed by atoms with E-state index in [-0.39, 0.29) is 19.6 Å². The van der Waals surface area contributed by atoms with Crippen molar-refractivity contribution in [1.82, 2.24) is 10.2 Å². The van der Waals surface area contributed by atoms with Gasteiger partial charge in [-0.2, -0.15) is 0 Å². The molecule has 0 spiro atoms. The number of carbonyl (C=O) groups excluding carboxylic acids is 1. The van der Waals surface area contributed by atoms with Gasteiger partial charge < -0.3 is 20.4 Å². The SMILES string of the molecule is CN(Cc1ccccc1F)C(=O)NC(CCO)C(=O)O. The molecule has 0 aliphatic heterocycles. The zero-order valence-corrected chi connectivity index (χ0v) is 11.0.